The second-order valence-electron chi connectivity index (χ2n) is 6.37. The lowest BCUT2D eigenvalue weighted by Gasteiger charge is -2.10. The standard InChI is InChI=1S/C19H19N5O2S2/c1-3-9-24-18(26)22-23-19(24)28-11(2)15-20-16(25)14-13(10-27-17(14)21-15)12-7-5-4-6-8-12/h4-8,10-11H,3,9H2,1-2H3,(H,22,26)(H,20,21,25). The van der Waals surface area contributed by atoms with E-state index in [4.69, 9.17) is 0 Å². The summed E-state index contributed by atoms with van der Waals surface area (Å²) >= 11 is 2.86. The molecule has 0 aliphatic rings. The summed E-state index contributed by atoms with van der Waals surface area (Å²) in [4.78, 5) is 33.0. The molecule has 0 fully saturated rings. The molecule has 0 aliphatic carbocycles. The van der Waals surface area contributed by atoms with Gasteiger partial charge >= 0.3 is 5.69 Å². The first kappa shape index (κ1) is 18.7. The minimum Gasteiger partial charge on any atom is -0.309 e. The Hall–Kier alpha value is -2.65. The van der Waals surface area contributed by atoms with Crippen LogP contribution in [0.25, 0.3) is 21.3 Å². The Kier molecular flexibility index (Phi) is 5.19. The number of rotatable bonds is 6. The van der Waals surface area contributed by atoms with Gasteiger partial charge in [-0.2, -0.15) is 0 Å². The lowest BCUT2D eigenvalue weighted by molar-refractivity contribution is 0.602. The number of benzene rings is 1. The summed E-state index contributed by atoms with van der Waals surface area (Å²) in [5.41, 5.74) is 1.52. The maximum Gasteiger partial charge on any atom is 0.343 e. The summed E-state index contributed by atoms with van der Waals surface area (Å²) < 4.78 is 1.61. The van der Waals surface area contributed by atoms with Gasteiger partial charge in [0, 0.05) is 17.5 Å². The number of hydrogen-bond donors (Lipinski definition) is 2. The van der Waals surface area contributed by atoms with E-state index < -0.39 is 0 Å². The molecule has 0 bridgehead atoms. The molecule has 7 nitrogen and oxygen atoms in total. The number of aromatic amines is 2. The number of nitrogens with zero attached hydrogens (tertiary/aromatic N) is 3. The van der Waals surface area contributed by atoms with E-state index in [1.165, 1.54) is 23.1 Å². The van der Waals surface area contributed by atoms with Gasteiger partial charge in [0.05, 0.1) is 10.6 Å². The van der Waals surface area contributed by atoms with Crippen LogP contribution in [0.4, 0.5) is 0 Å². The molecule has 28 heavy (non-hydrogen) atoms. The molecule has 0 aliphatic heterocycles. The first-order valence-corrected chi connectivity index (χ1v) is 10.7. The van der Waals surface area contributed by atoms with Gasteiger partial charge in [0.15, 0.2) is 5.16 Å². The Labute approximate surface area is 168 Å². The lowest BCUT2D eigenvalue weighted by Crippen LogP contribution is -2.17. The molecule has 3 heterocycles. The SMILES string of the molecule is CCCn1c(SC(C)c2nc3scc(-c4ccccc4)c3c(=O)[nH]2)n[nH]c1=O. The Morgan fingerprint density at radius 2 is 2.04 bits per heavy atom. The van der Waals surface area contributed by atoms with Crippen LogP contribution in [0.5, 0.6) is 0 Å². The lowest BCUT2D eigenvalue weighted by atomic mass is 10.1. The zero-order chi connectivity index (χ0) is 19.7. The Bertz CT molecular complexity index is 1220. The molecule has 9 heteroatoms. The van der Waals surface area contributed by atoms with Crippen molar-refractivity contribution < 1.29 is 0 Å². The van der Waals surface area contributed by atoms with Gasteiger partial charge in [0.1, 0.15) is 10.7 Å². The summed E-state index contributed by atoms with van der Waals surface area (Å²) in [6.45, 7) is 4.54. The monoisotopic (exact) mass is 413 g/mol. The molecule has 4 aromatic rings. The van der Waals surface area contributed by atoms with Crippen molar-refractivity contribution in [2.24, 2.45) is 0 Å². The molecule has 0 amide bonds. The van der Waals surface area contributed by atoms with Gasteiger partial charge in [-0.05, 0) is 18.9 Å². The van der Waals surface area contributed by atoms with Crippen LogP contribution in [0.1, 0.15) is 31.3 Å². The molecule has 1 unspecified atom stereocenters. The highest BCUT2D eigenvalue weighted by molar-refractivity contribution is 7.99. The maximum atomic E-state index is 12.8. The normalized spacial score (nSPS) is 12.5. The molecule has 1 aromatic carbocycles. The van der Waals surface area contributed by atoms with Gasteiger partial charge in [0.2, 0.25) is 0 Å². The van der Waals surface area contributed by atoms with Gasteiger partial charge in [-0.3, -0.25) is 9.36 Å². The topological polar surface area (TPSA) is 96.4 Å². The highest BCUT2D eigenvalue weighted by Crippen LogP contribution is 2.34. The summed E-state index contributed by atoms with van der Waals surface area (Å²) in [6.07, 6.45) is 0.833. The average molecular weight is 414 g/mol. The molecule has 3 aromatic heterocycles. The van der Waals surface area contributed by atoms with Gasteiger partial charge in [-0.15, -0.1) is 16.4 Å². The van der Waals surface area contributed by atoms with Crippen molar-refractivity contribution in [1.29, 1.82) is 0 Å². The van der Waals surface area contributed by atoms with Gasteiger partial charge < -0.3 is 4.98 Å². The highest BCUT2D eigenvalue weighted by atomic mass is 32.2. The minimum absolute atomic E-state index is 0.152. The molecule has 2 N–H and O–H groups in total. The number of fused-ring (bicyclic) bond motifs is 1. The van der Waals surface area contributed by atoms with Crippen LogP contribution in [0, 0.1) is 0 Å². The molecular weight excluding hydrogens is 394 g/mol. The maximum absolute atomic E-state index is 12.8. The van der Waals surface area contributed by atoms with E-state index in [2.05, 4.69) is 20.2 Å². The summed E-state index contributed by atoms with van der Waals surface area (Å²) in [5, 5.41) is 9.60. The van der Waals surface area contributed by atoms with Crippen molar-refractivity contribution in [2.75, 3.05) is 0 Å². The summed E-state index contributed by atoms with van der Waals surface area (Å²) in [7, 11) is 0. The van der Waals surface area contributed by atoms with Crippen molar-refractivity contribution >= 4 is 33.3 Å². The van der Waals surface area contributed by atoms with Gasteiger partial charge in [0.25, 0.3) is 5.56 Å². The van der Waals surface area contributed by atoms with E-state index in [1.807, 2.05) is 49.6 Å². The number of nitrogens with one attached hydrogen (secondary N) is 2. The van der Waals surface area contributed by atoms with Crippen LogP contribution >= 0.6 is 23.1 Å². The van der Waals surface area contributed by atoms with Crippen LogP contribution in [0.3, 0.4) is 0 Å². The smallest absolute Gasteiger partial charge is 0.309 e. The Balaban J connectivity index is 1.69. The summed E-state index contributed by atoms with van der Waals surface area (Å²) in [5.74, 6) is 0.572. The quantitative estimate of drug-likeness (QED) is 0.469. The number of H-pyrrole nitrogens is 2. The zero-order valence-electron chi connectivity index (χ0n) is 15.4. The second-order valence-corrected chi connectivity index (χ2v) is 8.54. The van der Waals surface area contributed by atoms with Gasteiger partial charge in [-0.1, -0.05) is 49.0 Å². The summed E-state index contributed by atoms with van der Waals surface area (Å²) in [6, 6.07) is 9.82. The predicted molar refractivity (Wildman–Crippen MR) is 113 cm³/mol. The van der Waals surface area contributed by atoms with Crippen LogP contribution in [-0.4, -0.2) is 24.7 Å². The number of thioether (sulfide) groups is 1. The average Bonchev–Trinajstić information content (AvgIpc) is 3.28. The van der Waals surface area contributed by atoms with Crippen molar-refractivity contribution in [3.8, 4) is 11.1 Å². The molecule has 0 saturated carbocycles. The predicted octanol–water partition coefficient (Wildman–Crippen LogP) is 3.80. The minimum atomic E-state index is -0.223. The number of aromatic nitrogens is 5. The third-order valence-electron chi connectivity index (χ3n) is 4.38. The van der Waals surface area contributed by atoms with Crippen molar-refractivity contribution in [3.05, 3.63) is 62.4 Å². The molecular formula is C19H19N5O2S2. The van der Waals surface area contributed by atoms with E-state index in [-0.39, 0.29) is 16.5 Å². The fourth-order valence-electron chi connectivity index (χ4n) is 3.02. The van der Waals surface area contributed by atoms with E-state index >= 15 is 0 Å². The van der Waals surface area contributed by atoms with E-state index in [1.54, 1.807) is 4.57 Å². The highest BCUT2D eigenvalue weighted by Gasteiger charge is 2.19. The molecule has 0 saturated heterocycles. The second kappa shape index (κ2) is 7.76. The van der Waals surface area contributed by atoms with Crippen LogP contribution < -0.4 is 11.2 Å². The number of thiophene rings is 1. The first-order chi connectivity index (χ1) is 13.6. The van der Waals surface area contributed by atoms with Crippen LogP contribution in [0.15, 0.2) is 50.5 Å². The first-order valence-electron chi connectivity index (χ1n) is 8.97. The molecule has 1 atom stereocenters. The Morgan fingerprint density at radius 3 is 2.79 bits per heavy atom. The number of hydrogen-bond acceptors (Lipinski definition) is 6. The van der Waals surface area contributed by atoms with E-state index in [0.29, 0.717) is 27.7 Å². The third-order valence-corrected chi connectivity index (χ3v) is 6.36. The van der Waals surface area contributed by atoms with Crippen molar-refractivity contribution in [1.82, 2.24) is 24.7 Å². The van der Waals surface area contributed by atoms with Crippen molar-refractivity contribution in [3.63, 3.8) is 0 Å². The molecule has 0 spiro atoms. The van der Waals surface area contributed by atoms with E-state index in [0.717, 1.165) is 17.5 Å². The van der Waals surface area contributed by atoms with Crippen LogP contribution in [0.2, 0.25) is 0 Å². The van der Waals surface area contributed by atoms with Crippen LogP contribution in [-0.2, 0) is 6.54 Å². The fraction of sp³-hybridized carbons (Fsp3) is 0.263. The van der Waals surface area contributed by atoms with Crippen molar-refractivity contribution in [2.45, 2.75) is 37.2 Å². The third kappa shape index (κ3) is 3.43. The molecule has 4 rings (SSSR count). The van der Waals surface area contributed by atoms with E-state index in [9.17, 15) is 9.59 Å². The molecule has 0 radical (unpaired) electrons. The fourth-order valence-corrected chi connectivity index (χ4v) is 4.91. The molecule has 144 valence electrons. The largest absolute Gasteiger partial charge is 0.343 e. The zero-order valence-corrected chi connectivity index (χ0v) is 17.1. The van der Waals surface area contributed by atoms with Gasteiger partial charge in [-0.25, -0.2) is 14.9 Å². The Morgan fingerprint density at radius 1 is 1.25 bits per heavy atom.